The van der Waals surface area contributed by atoms with Gasteiger partial charge in [0.05, 0.1) is 18.9 Å². The third-order valence-corrected chi connectivity index (χ3v) is 6.10. The van der Waals surface area contributed by atoms with E-state index in [0.717, 1.165) is 55.1 Å². The fourth-order valence-corrected chi connectivity index (χ4v) is 4.49. The molecule has 0 radical (unpaired) electrons. The molecule has 3 heterocycles. The van der Waals surface area contributed by atoms with Crippen LogP contribution in [0.1, 0.15) is 36.4 Å². The van der Waals surface area contributed by atoms with Gasteiger partial charge in [-0.3, -0.25) is 0 Å². The van der Waals surface area contributed by atoms with Crippen molar-refractivity contribution in [3.63, 3.8) is 0 Å². The summed E-state index contributed by atoms with van der Waals surface area (Å²) in [6.07, 6.45) is 2.84. The predicted octanol–water partition coefficient (Wildman–Crippen LogP) is 3.66. The molecular formula is C22H25N3O2. The summed E-state index contributed by atoms with van der Waals surface area (Å²) in [6.45, 7) is 2.05. The number of hydrogen-bond donors (Lipinski definition) is 0. The fraction of sp³-hybridized carbons (Fsp3) is 0.409. The molecule has 5 rings (SSSR count). The third-order valence-electron chi connectivity index (χ3n) is 6.10. The van der Waals surface area contributed by atoms with Crippen molar-refractivity contribution in [2.45, 2.75) is 31.0 Å². The van der Waals surface area contributed by atoms with E-state index in [1.807, 2.05) is 12.1 Å². The fourth-order valence-electron chi connectivity index (χ4n) is 4.49. The van der Waals surface area contributed by atoms with E-state index in [-0.39, 0.29) is 11.8 Å². The average Bonchev–Trinajstić information content (AvgIpc) is 3.17. The topological polar surface area (TPSA) is 37.3 Å². The second kappa shape index (κ2) is 6.27. The Morgan fingerprint density at radius 1 is 1.07 bits per heavy atom. The Hall–Kier alpha value is -2.53. The maximum Gasteiger partial charge on any atom is 0.200 e. The van der Waals surface area contributed by atoms with Gasteiger partial charge in [0.15, 0.2) is 0 Å². The SMILES string of the molecule is COc1ccc(C2=NN3[C@@H](C2)c2ccccc2OC32CCN(C)CC2)cc1. The van der Waals surface area contributed by atoms with Gasteiger partial charge in [0.1, 0.15) is 11.5 Å². The van der Waals surface area contributed by atoms with E-state index in [1.54, 1.807) is 7.11 Å². The van der Waals surface area contributed by atoms with E-state index < -0.39 is 0 Å². The highest BCUT2D eigenvalue weighted by atomic mass is 16.5. The number of fused-ring (bicyclic) bond motifs is 4. The Bertz CT molecular complexity index is 869. The molecule has 27 heavy (non-hydrogen) atoms. The lowest BCUT2D eigenvalue weighted by molar-refractivity contribution is -0.147. The largest absolute Gasteiger partial charge is 0.497 e. The van der Waals surface area contributed by atoms with Crippen molar-refractivity contribution in [2.75, 3.05) is 27.2 Å². The molecule has 0 aliphatic carbocycles. The summed E-state index contributed by atoms with van der Waals surface area (Å²) < 4.78 is 11.9. The number of piperidine rings is 1. The summed E-state index contributed by atoms with van der Waals surface area (Å²) in [4.78, 5) is 2.37. The molecule has 5 heteroatoms. The zero-order chi connectivity index (χ0) is 18.4. The normalized spacial score (nSPS) is 23.4. The number of likely N-dealkylation sites (tertiary alicyclic amines) is 1. The van der Waals surface area contributed by atoms with Crippen LogP contribution in [0.4, 0.5) is 0 Å². The molecule has 2 aromatic rings. The van der Waals surface area contributed by atoms with E-state index in [9.17, 15) is 0 Å². The summed E-state index contributed by atoms with van der Waals surface area (Å²) in [5.74, 6) is 1.89. The van der Waals surface area contributed by atoms with E-state index in [0.29, 0.717) is 0 Å². The number of hydrogen-bond acceptors (Lipinski definition) is 5. The van der Waals surface area contributed by atoms with E-state index in [2.05, 4.69) is 53.4 Å². The van der Waals surface area contributed by atoms with Crippen molar-refractivity contribution in [1.29, 1.82) is 0 Å². The van der Waals surface area contributed by atoms with Crippen LogP contribution in [0.5, 0.6) is 11.5 Å². The second-order valence-corrected chi connectivity index (χ2v) is 7.73. The molecule has 5 nitrogen and oxygen atoms in total. The summed E-state index contributed by atoms with van der Waals surface area (Å²) in [5.41, 5.74) is 3.20. The molecule has 0 saturated carbocycles. The number of hydrazone groups is 1. The number of methoxy groups -OCH3 is 1. The van der Waals surface area contributed by atoms with Crippen LogP contribution in [-0.4, -0.2) is 48.6 Å². The predicted molar refractivity (Wildman–Crippen MR) is 105 cm³/mol. The minimum Gasteiger partial charge on any atom is -0.497 e. The van der Waals surface area contributed by atoms with Crippen LogP contribution < -0.4 is 9.47 Å². The Morgan fingerprint density at radius 3 is 2.56 bits per heavy atom. The molecule has 140 valence electrons. The Kier molecular flexibility index (Phi) is 3.86. The molecular weight excluding hydrogens is 338 g/mol. The summed E-state index contributed by atoms with van der Waals surface area (Å²) >= 11 is 0. The molecule has 1 spiro atoms. The first kappa shape index (κ1) is 16.6. The first-order chi connectivity index (χ1) is 13.2. The lowest BCUT2D eigenvalue weighted by atomic mass is 9.91. The van der Waals surface area contributed by atoms with Gasteiger partial charge in [-0.15, -0.1) is 0 Å². The number of rotatable bonds is 2. The Labute approximate surface area is 160 Å². The minimum atomic E-state index is -0.334. The molecule has 0 amide bonds. The molecule has 1 fully saturated rings. The lowest BCUT2D eigenvalue weighted by Gasteiger charge is -2.50. The maximum atomic E-state index is 6.62. The minimum absolute atomic E-state index is 0.246. The smallest absolute Gasteiger partial charge is 0.200 e. The molecule has 3 aliphatic heterocycles. The number of para-hydroxylation sites is 1. The maximum absolute atomic E-state index is 6.62. The van der Waals surface area contributed by atoms with Crippen LogP contribution in [0.3, 0.4) is 0 Å². The van der Waals surface area contributed by atoms with Crippen molar-refractivity contribution in [3.8, 4) is 11.5 Å². The molecule has 0 N–H and O–H groups in total. The van der Waals surface area contributed by atoms with Crippen LogP contribution in [0, 0.1) is 0 Å². The molecule has 0 bridgehead atoms. The summed E-state index contributed by atoms with van der Waals surface area (Å²) in [6, 6.07) is 16.9. The Balaban J connectivity index is 1.54. The van der Waals surface area contributed by atoms with Gasteiger partial charge in [-0.25, -0.2) is 5.01 Å². The highest BCUT2D eigenvalue weighted by Gasteiger charge is 2.51. The van der Waals surface area contributed by atoms with Crippen LogP contribution in [-0.2, 0) is 0 Å². The first-order valence-corrected chi connectivity index (χ1v) is 9.66. The van der Waals surface area contributed by atoms with E-state index >= 15 is 0 Å². The van der Waals surface area contributed by atoms with Gasteiger partial charge in [0.25, 0.3) is 0 Å². The van der Waals surface area contributed by atoms with Crippen LogP contribution >= 0.6 is 0 Å². The van der Waals surface area contributed by atoms with Gasteiger partial charge in [0, 0.05) is 37.9 Å². The zero-order valence-corrected chi connectivity index (χ0v) is 15.9. The van der Waals surface area contributed by atoms with Gasteiger partial charge < -0.3 is 14.4 Å². The zero-order valence-electron chi connectivity index (χ0n) is 15.9. The van der Waals surface area contributed by atoms with Crippen molar-refractivity contribution in [1.82, 2.24) is 9.91 Å². The second-order valence-electron chi connectivity index (χ2n) is 7.73. The van der Waals surface area contributed by atoms with Gasteiger partial charge in [-0.2, -0.15) is 5.10 Å². The summed E-state index contributed by atoms with van der Waals surface area (Å²) in [7, 11) is 3.87. The molecule has 0 unspecified atom stereocenters. The van der Waals surface area contributed by atoms with E-state index in [1.165, 1.54) is 5.56 Å². The monoisotopic (exact) mass is 363 g/mol. The van der Waals surface area contributed by atoms with E-state index in [4.69, 9.17) is 14.6 Å². The first-order valence-electron chi connectivity index (χ1n) is 9.66. The standard InChI is InChI=1S/C22H25N3O2/c1-24-13-11-22(12-14-24)25-20(18-5-3-4-6-21(18)27-22)15-19(23-25)16-7-9-17(26-2)10-8-16/h3-10,20H,11-15H2,1-2H3/t20-/m0/s1. The van der Waals surface area contributed by atoms with Gasteiger partial charge in [-0.05, 0) is 42.9 Å². The summed E-state index contributed by atoms with van der Waals surface area (Å²) in [5, 5.41) is 7.37. The van der Waals surface area contributed by atoms with Crippen molar-refractivity contribution >= 4 is 5.71 Å². The highest BCUT2D eigenvalue weighted by molar-refractivity contribution is 6.02. The van der Waals surface area contributed by atoms with Crippen LogP contribution in [0.15, 0.2) is 53.6 Å². The van der Waals surface area contributed by atoms with Crippen molar-refractivity contribution in [2.24, 2.45) is 5.10 Å². The molecule has 3 aliphatic rings. The number of ether oxygens (including phenoxy) is 2. The number of benzene rings is 2. The van der Waals surface area contributed by atoms with Crippen molar-refractivity contribution < 1.29 is 9.47 Å². The third kappa shape index (κ3) is 2.69. The lowest BCUT2D eigenvalue weighted by Crippen LogP contribution is -2.58. The quantitative estimate of drug-likeness (QED) is 0.816. The molecule has 1 saturated heterocycles. The average molecular weight is 363 g/mol. The Morgan fingerprint density at radius 2 is 1.81 bits per heavy atom. The van der Waals surface area contributed by atoms with Gasteiger partial charge in [-0.1, -0.05) is 18.2 Å². The highest BCUT2D eigenvalue weighted by Crippen LogP contribution is 2.49. The van der Waals surface area contributed by atoms with Crippen LogP contribution in [0.25, 0.3) is 0 Å². The van der Waals surface area contributed by atoms with Crippen LogP contribution in [0.2, 0.25) is 0 Å². The molecule has 0 aromatic heterocycles. The van der Waals surface area contributed by atoms with Crippen molar-refractivity contribution in [3.05, 3.63) is 59.7 Å². The number of nitrogens with zero attached hydrogens (tertiary/aromatic N) is 3. The van der Waals surface area contributed by atoms with Gasteiger partial charge in [0.2, 0.25) is 5.72 Å². The van der Waals surface area contributed by atoms with Gasteiger partial charge >= 0.3 is 0 Å². The molecule has 2 aromatic carbocycles. The molecule has 1 atom stereocenters.